The van der Waals surface area contributed by atoms with Crippen LogP contribution in [0.5, 0.6) is 0 Å². The summed E-state index contributed by atoms with van der Waals surface area (Å²) in [5.41, 5.74) is 0.722. The number of anilines is 1. The summed E-state index contributed by atoms with van der Waals surface area (Å²) in [6.45, 7) is 1.85. The molecule has 5 nitrogen and oxygen atoms in total. The molecule has 1 saturated heterocycles. The Hall–Kier alpha value is -1.40. The predicted molar refractivity (Wildman–Crippen MR) is 76.8 cm³/mol. The quantitative estimate of drug-likeness (QED) is 0.878. The first kappa shape index (κ1) is 14.0. The lowest BCUT2D eigenvalue weighted by molar-refractivity contribution is -0.133. The van der Waals surface area contributed by atoms with Crippen LogP contribution in [0.2, 0.25) is 0 Å². The number of carbonyl (C=O) groups is 2. The summed E-state index contributed by atoms with van der Waals surface area (Å²) in [4.78, 5) is 25.2. The second-order valence-corrected chi connectivity index (χ2v) is 5.32. The van der Waals surface area contributed by atoms with Crippen LogP contribution in [0, 0.1) is 0 Å². The van der Waals surface area contributed by atoms with Gasteiger partial charge in [-0.1, -0.05) is 22.0 Å². The van der Waals surface area contributed by atoms with Crippen LogP contribution in [0.25, 0.3) is 0 Å². The molecule has 1 aliphatic rings. The Balaban J connectivity index is 1.91. The van der Waals surface area contributed by atoms with Crippen molar-refractivity contribution in [1.82, 2.24) is 10.2 Å². The van der Waals surface area contributed by atoms with Gasteiger partial charge >= 0.3 is 0 Å². The first-order valence-electron chi connectivity index (χ1n) is 6.19. The van der Waals surface area contributed by atoms with Gasteiger partial charge in [0.05, 0.1) is 13.1 Å². The second kappa shape index (κ2) is 6.68. The van der Waals surface area contributed by atoms with Gasteiger partial charge in [0.2, 0.25) is 11.8 Å². The molecule has 1 aliphatic heterocycles. The minimum Gasteiger partial charge on any atom is -0.332 e. The molecule has 2 rings (SSSR count). The van der Waals surface area contributed by atoms with E-state index in [1.807, 2.05) is 24.3 Å². The fraction of sp³-hybridized carbons (Fsp3) is 0.385. The van der Waals surface area contributed by atoms with Gasteiger partial charge in [0.25, 0.3) is 0 Å². The molecular weight excluding hydrogens is 310 g/mol. The van der Waals surface area contributed by atoms with E-state index in [0.717, 1.165) is 23.1 Å². The number of nitrogens with zero attached hydrogens (tertiary/aromatic N) is 1. The number of halogens is 1. The molecular formula is C13H16BrN3O2. The van der Waals surface area contributed by atoms with Crippen molar-refractivity contribution < 1.29 is 9.59 Å². The van der Waals surface area contributed by atoms with E-state index in [9.17, 15) is 9.59 Å². The summed E-state index contributed by atoms with van der Waals surface area (Å²) in [6, 6.07) is 7.37. The highest BCUT2D eigenvalue weighted by Crippen LogP contribution is 2.15. The molecule has 0 aromatic heterocycles. The molecule has 0 atom stereocenters. The number of hydrogen-bond donors (Lipinski definition) is 2. The van der Waals surface area contributed by atoms with Crippen LogP contribution >= 0.6 is 15.9 Å². The van der Waals surface area contributed by atoms with Crippen molar-refractivity contribution in [2.45, 2.75) is 6.42 Å². The van der Waals surface area contributed by atoms with Gasteiger partial charge in [-0.2, -0.15) is 0 Å². The van der Waals surface area contributed by atoms with Gasteiger partial charge in [-0.15, -0.1) is 0 Å². The fourth-order valence-electron chi connectivity index (χ4n) is 1.93. The van der Waals surface area contributed by atoms with Gasteiger partial charge in [0, 0.05) is 16.7 Å². The fourth-order valence-corrected chi connectivity index (χ4v) is 2.33. The molecule has 1 aromatic carbocycles. The van der Waals surface area contributed by atoms with E-state index in [2.05, 4.69) is 26.6 Å². The Kier molecular flexibility index (Phi) is 4.93. The number of carbonyl (C=O) groups excluding carboxylic acids is 2. The summed E-state index contributed by atoms with van der Waals surface area (Å²) in [5, 5.41) is 5.82. The largest absolute Gasteiger partial charge is 0.332 e. The number of amides is 2. The molecule has 0 spiro atoms. The molecule has 1 fully saturated rings. The maximum absolute atomic E-state index is 11.9. The van der Waals surface area contributed by atoms with E-state index >= 15 is 0 Å². The normalized spacial score (nSPS) is 16.1. The smallest absolute Gasteiger partial charge is 0.243 e. The van der Waals surface area contributed by atoms with Crippen LogP contribution in [-0.2, 0) is 9.59 Å². The Morgan fingerprint density at radius 2 is 2.32 bits per heavy atom. The van der Waals surface area contributed by atoms with E-state index < -0.39 is 0 Å². The maximum atomic E-state index is 11.9. The maximum Gasteiger partial charge on any atom is 0.243 e. The summed E-state index contributed by atoms with van der Waals surface area (Å²) >= 11 is 3.35. The summed E-state index contributed by atoms with van der Waals surface area (Å²) in [6.07, 6.45) is 0.871. The molecule has 2 amide bonds. The summed E-state index contributed by atoms with van der Waals surface area (Å²) < 4.78 is 0.903. The lowest BCUT2D eigenvalue weighted by Gasteiger charge is -2.19. The van der Waals surface area contributed by atoms with Crippen LogP contribution < -0.4 is 10.6 Å². The Morgan fingerprint density at radius 1 is 1.47 bits per heavy atom. The standard InChI is InChI=1S/C13H16BrN3O2/c14-10-3-1-4-11(7-10)16-12(18)9-17-6-2-5-15-8-13(17)19/h1,3-4,7,15H,2,5-6,8-9H2,(H,16,18). The molecule has 1 heterocycles. The molecule has 1 aromatic rings. The number of benzene rings is 1. The third kappa shape index (κ3) is 4.33. The van der Waals surface area contributed by atoms with Crippen LogP contribution in [0.15, 0.2) is 28.7 Å². The van der Waals surface area contributed by atoms with Gasteiger partial charge in [-0.05, 0) is 31.2 Å². The SMILES string of the molecule is O=C(CN1CCCNCC1=O)Nc1cccc(Br)c1. The zero-order chi connectivity index (χ0) is 13.7. The molecule has 0 aliphatic carbocycles. The van der Waals surface area contributed by atoms with Crippen LogP contribution in [0.4, 0.5) is 5.69 Å². The van der Waals surface area contributed by atoms with Crippen molar-refractivity contribution in [2.24, 2.45) is 0 Å². The first-order valence-corrected chi connectivity index (χ1v) is 6.98. The Labute approximate surface area is 120 Å². The van der Waals surface area contributed by atoms with E-state index in [-0.39, 0.29) is 18.4 Å². The van der Waals surface area contributed by atoms with Gasteiger partial charge in [0.15, 0.2) is 0 Å². The van der Waals surface area contributed by atoms with Crippen molar-refractivity contribution in [3.05, 3.63) is 28.7 Å². The average molecular weight is 326 g/mol. The Morgan fingerprint density at radius 3 is 3.11 bits per heavy atom. The van der Waals surface area contributed by atoms with Crippen molar-refractivity contribution in [2.75, 3.05) is 31.5 Å². The van der Waals surface area contributed by atoms with Gasteiger partial charge in [-0.25, -0.2) is 0 Å². The minimum absolute atomic E-state index is 0.0260. The second-order valence-electron chi connectivity index (χ2n) is 4.40. The first-order chi connectivity index (χ1) is 9.15. The number of nitrogens with one attached hydrogen (secondary N) is 2. The lowest BCUT2D eigenvalue weighted by Crippen LogP contribution is -2.40. The van der Waals surface area contributed by atoms with Gasteiger partial charge in [-0.3, -0.25) is 9.59 Å². The third-order valence-electron chi connectivity index (χ3n) is 2.85. The van der Waals surface area contributed by atoms with E-state index in [1.54, 1.807) is 4.90 Å². The van der Waals surface area contributed by atoms with Gasteiger partial charge < -0.3 is 15.5 Å². The molecule has 0 saturated carbocycles. The van der Waals surface area contributed by atoms with E-state index in [1.165, 1.54) is 0 Å². The van der Waals surface area contributed by atoms with Crippen LogP contribution in [-0.4, -0.2) is 42.9 Å². The predicted octanol–water partition coefficient (Wildman–Crippen LogP) is 1.21. The van der Waals surface area contributed by atoms with Crippen molar-refractivity contribution >= 4 is 33.4 Å². The molecule has 0 radical (unpaired) electrons. The minimum atomic E-state index is -0.173. The molecule has 0 unspecified atom stereocenters. The summed E-state index contributed by atoms with van der Waals surface area (Å²) in [7, 11) is 0. The zero-order valence-corrected chi connectivity index (χ0v) is 12.1. The highest BCUT2D eigenvalue weighted by molar-refractivity contribution is 9.10. The Bertz CT molecular complexity index is 479. The summed E-state index contributed by atoms with van der Waals surface area (Å²) in [5.74, 6) is -0.199. The monoisotopic (exact) mass is 325 g/mol. The zero-order valence-electron chi connectivity index (χ0n) is 10.5. The molecule has 19 heavy (non-hydrogen) atoms. The van der Waals surface area contributed by atoms with Crippen molar-refractivity contribution in [1.29, 1.82) is 0 Å². The van der Waals surface area contributed by atoms with Crippen molar-refractivity contribution in [3.63, 3.8) is 0 Å². The number of rotatable bonds is 3. The lowest BCUT2D eigenvalue weighted by atomic mass is 10.3. The highest BCUT2D eigenvalue weighted by atomic mass is 79.9. The molecule has 102 valence electrons. The molecule has 2 N–H and O–H groups in total. The van der Waals surface area contributed by atoms with Crippen molar-refractivity contribution in [3.8, 4) is 0 Å². The van der Waals surface area contributed by atoms with Gasteiger partial charge in [0.1, 0.15) is 0 Å². The third-order valence-corrected chi connectivity index (χ3v) is 3.35. The van der Waals surface area contributed by atoms with Crippen LogP contribution in [0.3, 0.4) is 0 Å². The van der Waals surface area contributed by atoms with E-state index in [0.29, 0.717) is 13.1 Å². The molecule has 6 heteroatoms. The van der Waals surface area contributed by atoms with E-state index in [4.69, 9.17) is 0 Å². The highest BCUT2D eigenvalue weighted by Gasteiger charge is 2.18. The van der Waals surface area contributed by atoms with Crippen LogP contribution in [0.1, 0.15) is 6.42 Å². The topological polar surface area (TPSA) is 61.4 Å². The number of hydrogen-bond acceptors (Lipinski definition) is 3. The average Bonchev–Trinajstić information content (AvgIpc) is 2.55. The molecule has 0 bridgehead atoms.